The Labute approximate surface area is 764 Å². The van der Waals surface area contributed by atoms with E-state index in [1.54, 1.807) is 36.4 Å². The smallest absolute Gasteiger partial charge is 0.206 e. The minimum Gasteiger partial charge on any atom is -0.355 e. The number of fused-ring (bicyclic) bond motifs is 5. The zero-order valence-electron chi connectivity index (χ0n) is 70.4. The number of anilines is 5. The lowest BCUT2D eigenvalue weighted by Gasteiger charge is -2.39. The monoisotopic (exact) mass is 1880 g/mol. The van der Waals surface area contributed by atoms with Crippen molar-refractivity contribution in [2.75, 3.05) is 118 Å². The van der Waals surface area contributed by atoms with Crippen LogP contribution in [0.25, 0.3) is 55.2 Å². The summed E-state index contributed by atoms with van der Waals surface area (Å²) in [5.74, 6) is 4.51. The Morgan fingerprint density at radius 1 is 0.395 bits per heavy atom. The second-order valence-corrected chi connectivity index (χ2v) is 35.8. The Hall–Kier alpha value is -9.31. The molecule has 0 bridgehead atoms. The summed E-state index contributed by atoms with van der Waals surface area (Å²) in [6, 6.07) is 53.2. The number of benzene rings is 10. The zero-order valence-corrected chi connectivity index (χ0v) is 77.3. The summed E-state index contributed by atoms with van der Waals surface area (Å²) in [5.41, 5.74) is 33.1. The van der Waals surface area contributed by atoms with E-state index in [4.69, 9.17) is 118 Å². The summed E-state index contributed by atoms with van der Waals surface area (Å²) in [6.07, 6.45) is 1.18. The lowest BCUT2D eigenvalue weighted by atomic mass is 9.98. The second-order valence-electron chi connectivity index (χ2n) is 32.1. The highest BCUT2D eigenvalue weighted by atomic mass is 79.9. The molecular weight excluding hydrogens is 1780 g/mol. The number of aromatic nitrogens is 10. The van der Waals surface area contributed by atoms with Gasteiger partial charge in [-0.3, -0.25) is 0 Å². The summed E-state index contributed by atoms with van der Waals surface area (Å²) in [7, 11) is 2.14. The third kappa shape index (κ3) is 21.8. The van der Waals surface area contributed by atoms with Gasteiger partial charge >= 0.3 is 0 Å². The lowest BCUT2D eigenvalue weighted by molar-refractivity contribution is 0.310. The third-order valence-electron chi connectivity index (χ3n) is 22.7. The van der Waals surface area contributed by atoms with Gasteiger partial charge < -0.3 is 70.3 Å². The minimum absolute atomic E-state index is 0.136. The number of halogens is 11. The molecule has 8 N–H and O–H groups in total. The van der Waals surface area contributed by atoms with E-state index in [1.807, 2.05) is 81.4 Å². The molecule has 648 valence electrons. The first-order valence-corrected chi connectivity index (χ1v) is 44.8. The Morgan fingerprint density at radius 2 is 0.798 bits per heavy atom. The van der Waals surface area contributed by atoms with Crippen LogP contribution in [-0.4, -0.2) is 145 Å². The normalized spacial score (nSPS) is 13.6. The average Bonchev–Trinajstić information content (AvgIpc) is 1.62. The van der Waals surface area contributed by atoms with Gasteiger partial charge in [0.15, 0.2) is 0 Å². The van der Waals surface area contributed by atoms with Crippen molar-refractivity contribution in [2.45, 2.75) is 87.6 Å². The first-order valence-electron chi connectivity index (χ1n) is 41.4. The molecule has 3 aliphatic rings. The van der Waals surface area contributed by atoms with Gasteiger partial charge in [0.05, 0.1) is 103 Å². The molecule has 19 nitrogen and oxygen atoms in total. The van der Waals surface area contributed by atoms with Gasteiger partial charge in [0.1, 0.15) is 17.5 Å². The fraction of sp³-hybridized carbons (Fsp3) is 0.309. The molecule has 5 aromatic heterocycles. The maximum atomic E-state index is 13.5. The van der Waals surface area contributed by atoms with Gasteiger partial charge in [0, 0.05) is 116 Å². The molecule has 0 radical (unpaired) electrons. The fourth-order valence-corrected chi connectivity index (χ4v) is 16.8. The molecule has 18 rings (SSSR count). The highest BCUT2D eigenvalue weighted by Crippen LogP contribution is 2.36. The number of nitrogens with zero attached hydrogens (tertiary/aromatic N) is 13. The van der Waals surface area contributed by atoms with Gasteiger partial charge in [-0.25, -0.2) is 38.1 Å². The summed E-state index contributed by atoms with van der Waals surface area (Å²) in [4.78, 5) is 30.8. The van der Waals surface area contributed by atoms with Crippen molar-refractivity contribution < 1.29 is 13.2 Å². The molecule has 0 amide bonds. The highest BCUT2D eigenvalue weighted by molar-refractivity contribution is 9.10. The highest BCUT2D eigenvalue weighted by Gasteiger charge is 2.31. The summed E-state index contributed by atoms with van der Waals surface area (Å²) >= 11 is 46.5. The van der Waals surface area contributed by atoms with E-state index in [-0.39, 0.29) is 15.1 Å². The predicted octanol–water partition coefficient (Wildman–Crippen LogP) is 22.0. The van der Waals surface area contributed by atoms with Crippen LogP contribution in [0.1, 0.15) is 74.5 Å². The number of hydrogen-bond donors (Lipinski definition) is 6. The van der Waals surface area contributed by atoms with Crippen LogP contribution in [0.2, 0.25) is 35.2 Å². The van der Waals surface area contributed by atoms with E-state index in [1.165, 1.54) is 41.3 Å². The first kappa shape index (κ1) is 90.9. The largest absolute Gasteiger partial charge is 0.355 e. The Bertz CT molecular complexity index is 6330. The van der Waals surface area contributed by atoms with Gasteiger partial charge in [0.2, 0.25) is 29.7 Å². The number of piperazine rings is 1. The number of aryl methyl sites for hydroxylation is 6. The molecule has 3 saturated heterocycles. The van der Waals surface area contributed by atoms with E-state index < -0.39 is 17.5 Å². The van der Waals surface area contributed by atoms with E-state index >= 15 is 0 Å². The van der Waals surface area contributed by atoms with E-state index in [0.717, 1.165) is 214 Å². The number of nitrogens with two attached hydrogens (primary N) is 2. The molecule has 0 spiro atoms. The number of nitrogens with one attached hydrogen (secondary N) is 4. The Kier molecular flexibility index (Phi) is 30.1. The summed E-state index contributed by atoms with van der Waals surface area (Å²) in [5, 5.41) is 16.8. The molecular formula is C94H100BrCl7F3N19. The topological polar surface area (TPSA) is 199 Å². The van der Waals surface area contributed by atoms with Crippen LogP contribution in [0.15, 0.2) is 174 Å². The SMILES string of the molecule is CCC1CN(c2nc3ccc(Cl)cc3n2Cc2ccc(F)c(Cl)c2)C1.CN1CCN(c2nc3ccc(Br)cc3n2Cc2ccc(F)c(Cl)c2)CC1.Cc1cc2nc(NCC3CNC3)n(Cc3ccc(F)c(Cl)c3)c2cc1C.Cc1ccc(Cn2c(NCCN)nc3cc(C)c(Cl)cc32)cc1Cl.Cc1ccc2nc(NCCN)n(Cc3ccc(C)c(Cl)c3)c2c1. The van der Waals surface area contributed by atoms with Gasteiger partial charge in [-0.2, -0.15) is 0 Å². The van der Waals surface area contributed by atoms with Crippen molar-refractivity contribution >= 4 is 182 Å². The number of hydrogen-bond acceptors (Lipinski definition) is 14. The van der Waals surface area contributed by atoms with E-state index in [9.17, 15) is 13.2 Å². The molecule has 0 unspecified atom stereocenters. The molecule has 15 aromatic rings. The maximum absolute atomic E-state index is 13.5. The van der Waals surface area contributed by atoms with Crippen LogP contribution in [0.4, 0.5) is 42.9 Å². The Balaban J connectivity index is 0.000000126. The van der Waals surface area contributed by atoms with Gasteiger partial charge in [0.25, 0.3) is 0 Å². The molecule has 0 saturated carbocycles. The van der Waals surface area contributed by atoms with Gasteiger partial charge in [-0.05, 0) is 243 Å². The third-order valence-corrected chi connectivity index (χ3v) is 25.5. The van der Waals surface area contributed by atoms with E-state index in [2.05, 4.69) is 164 Å². The molecule has 10 aromatic carbocycles. The van der Waals surface area contributed by atoms with Crippen LogP contribution >= 0.6 is 97.1 Å². The van der Waals surface area contributed by atoms with Crippen LogP contribution in [0.5, 0.6) is 0 Å². The molecule has 0 aliphatic carbocycles. The molecule has 30 heteroatoms. The van der Waals surface area contributed by atoms with Crippen LogP contribution in [0, 0.1) is 70.8 Å². The molecule has 3 aliphatic heterocycles. The number of likely N-dealkylation sites (N-methyl/N-ethyl adjacent to an activating group) is 1. The fourth-order valence-electron chi connectivity index (χ4n) is 15.1. The molecule has 8 heterocycles. The van der Waals surface area contributed by atoms with Crippen molar-refractivity contribution in [3.05, 3.63) is 288 Å². The first-order chi connectivity index (χ1) is 59.6. The van der Waals surface area contributed by atoms with Crippen molar-refractivity contribution in [2.24, 2.45) is 23.3 Å². The minimum atomic E-state index is -0.405. The quantitative estimate of drug-likeness (QED) is 0.0374. The number of imidazole rings is 5. The molecule has 0 atom stereocenters. The standard InChI is InChI=1S/C20H22ClFN4.C19H19BrClFN4.C19H18Cl2FN3.C18H20Cl2N4.C18H21ClN4/c1-12-5-18-19(6-13(12)2)26(11-14-3-4-17(22)16(21)7-14)20(25-18)24-10-15-8-23-9-15;1-24-6-8-25(9-7-24)19-23-17-5-3-14(20)11-18(17)26(19)12-13-2-4-16(22)15(21)10-13;1-2-12-9-24(10-12)19-23-17-6-4-14(20)8-18(17)25(19)11-13-3-5-16(22)15(21)7-13;1-11-3-4-13(8-14(11)19)10-24-17-9-15(20)12(2)7-16(17)23-18(24)22-6-5-21;1-12-3-6-16-17(9-12)23(18(22-16)21-8-7-20)11-14-5-4-13(2)15(19)10-14/h3-7,15,23H,8-11H2,1-2H3,(H,24,25);2-5,10-11H,6-9,12H2,1H3;3-8,12H,2,9-11H2,1H3;3-4,7-9H,5-6,10,21H2,1-2H3,(H,22,23);3-6,9-10H,7-8,11,20H2,1-2H3,(H,21,22). The van der Waals surface area contributed by atoms with Crippen LogP contribution < -0.4 is 42.5 Å². The van der Waals surface area contributed by atoms with Crippen LogP contribution in [-0.2, 0) is 32.7 Å². The van der Waals surface area contributed by atoms with Crippen LogP contribution in [0.3, 0.4) is 0 Å². The van der Waals surface area contributed by atoms with E-state index in [0.29, 0.717) is 69.8 Å². The summed E-state index contributed by atoms with van der Waals surface area (Å²) in [6.45, 7) is 29.0. The van der Waals surface area contributed by atoms with Crippen molar-refractivity contribution in [1.29, 1.82) is 0 Å². The van der Waals surface area contributed by atoms with Gasteiger partial charge in [-0.1, -0.05) is 153 Å². The lowest BCUT2D eigenvalue weighted by Crippen LogP contribution is -2.47. The molecule has 3 fully saturated rings. The molecule has 124 heavy (non-hydrogen) atoms. The predicted molar refractivity (Wildman–Crippen MR) is 513 cm³/mol. The zero-order chi connectivity index (χ0) is 87.7. The average molecular weight is 1880 g/mol. The second kappa shape index (κ2) is 41.0. The Morgan fingerprint density at radius 3 is 1.28 bits per heavy atom. The van der Waals surface area contributed by atoms with Gasteiger partial charge in [-0.15, -0.1) is 0 Å². The number of rotatable bonds is 22. The van der Waals surface area contributed by atoms with Crippen molar-refractivity contribution in [3.8, 4) is 0 Å². The maximum Gasteiger partial charge on any atom is 0.206 e. The van der Waals surface area contributed by atoms with Crippen molar-refractivity contribution in [1.82, 2.24) is 58.0 Å². The van der Waals surface area contributed by atoms with Crippen molar-refractivity contribution in [3.63, 3.8) is 0 Å². The summed E-state index contributed by atoms with van der Waals surface area (Å²) < 4.78 is 52.2.